The van der Waals surface area contributed by atoms with Gasteiger partial charge in [-0.1, -0.05) is 15.9 Å². The number of nitrogens with one attached hydrogen (secondary N) is 2. The predicted octanol–water partition coefficient (Wildman–Crippen LogP) is 1.46. The first-order chi connectivity index (χ1) is 10.6. The van der Waals surface area contributed by atoms with E-state index in [4.69, 9.17) is 4.74 Å². The lowest BCUT2D eigenvalue weighted by molar-refractivity contribution is -0.125. The van der Waals surface area contributed by atoms with Crippen LogP contribution in [0.4, 0.5) is 5.69 Å². The molecule has 23 heavy (non-hydrogen) atoms. The maximum absolute atomic E-state index is 12.2. The van der Waals surface area contributed by atoms with Crippen molar-refractivity contribution in [3.8, 4) is 5.75 Å². The highest BCUT2D eigenvalue weighted by Gasteiger charge is 2.28. The fourth-order valence-electron chi connectivity index (χ4n) is 2.73. The van der Waals surface area contributed by atoms with Gasteiger partial charge in [0.2, 0.25) is 5.91 Å². The van der Waals surface area contributed by atoms with Crippen molar-refractivity contribution in [2.75, 3.05) is 31.1 Å². The number of benzene rings is 1. The Morgan fingerprint density at radius 2 is 2.13 bits per heavy atom. The van der Waals surface area contributed by atoms with Gasteiger partial charge in [0.25, 0.3) is 5.91 Å². The van der Waals surface area contributed by atoms with Gasteiger partial charge >= 0.3 is 0 Å². The van der Waals surface area contributed by atoms with Gasteiger partial charge in [-0.2, -0.15) is 0 Å². The summed E-state index contributed by atoms with van der Waals surface area (Å²) >= 11 is 3.37. The number of ether oxygens (including phenoxy) is 1. The second kappa shape index (κ2) is 7.99. The van der Waals surface area contributed by atoms with Crippen molar-refractivity contribution >= 4 is 45.8 Å². The summed E-state index contributed by atoms with van der Waals surface area (Å²) in [7, 11) is 0. The first-order valence-electron chi connectivity index (χ1n) is 7.36. The van der Waals surface area contributed by atoms with Gasteiger partial charge in [-0.05, 0) is 44.1 Å². The molecule has 2 heterocycles. The number of fused-ring (bicyclic) bond motifs is 1. The Balaban J connectivity index is 0.00000192. The van der Waals surface area contributed by atoms with Crippen molar-refractivity contribution in [3.63, 3.8) is 0 Å². The molecule has 0 saturated carbocycles. The fraction of sp³-hybridized carbons (Fsp3) is 0.467. The molecule has 1 aromatic rings. The lowest BCUT2D eigenvalue weighted by Gasteiger charge is -2.30. The van der Waals surface area contributed by atoms with Gasteiger partial charge in [0.05, 0.1) is 5.69 Å². The van der Waals surface area contributed by atoms with Crippen LogP contribution in [0.1, 0.15) is 12.8 Å². The summed E-state index contributed by atoms with van der Waals surface area (Å²) in [6, 6.07) is 5.61. The number of piperidine rings is 1. The molecule has 0 aromatic heterocycles. The normalized spacial score (nSPS) is 17.8. The van der Waals surface area contributed by atoms with Gasteiger partial charge in [-0.25, -0.2) is 0 Å². The molecule has 0 aliphatic carbocycles. The number of carbonyl (C=O) groups is 2. The van der Waals surface area contributed by atoms with Crippen molar-refractivity contribution < 1.29 is 14.3 Å². The molecular formula is C15H19BrClN3O3. The standard InChI is InChI=1S/C15H18BrN3O3.ClH/c16-10-1-2-12-13(7-10)22-9-15(21)19(12)8-14(20)18-11-3-5-17-6-4-11;/h1-2,7,11,17H,3-6,8-9H2,(H,18,20);1H. The highest BCUT2D eigenvalue weighted by molar-refractivity contribution is 9.10. The number of rotatable bonds is 3. The fourth-order valence-corrected chi connectivity index (χ4v) is 3.07. The summed E-state index contributed by atoms with van der Waals surface area (Å²) in [5, 5.41) is 6.26. The third kappa shape index (κ3) is 4.37. The second-order valence-electron chi connectivity index (χ2n) is 5.47. The van der Waals surface area contributed by atoms with Crippen LogP contribution in [0, 0.1) is 0 Å². The molecule has 0 unspecified atom stereocenters. The molecule has 1 saturated heterocycles. The van der Waals surface area contributed by atoms with Crippen molar-refractivity contribution in [1.29, 1.82) is 0 Å². The molecule has 126 valence electrons. The summed E-state index contributed by atoms with van der Waals surface area (Å²) in [6.45, 7) is 1.82. The molecule has 0 radical (unpaired) electrons. The summed E-state index contributed by atoms with van der Waals surface area (Å²) in [6.07, 6.45) is 1.85. The van der Waals surface area contributed by atoms with Crippen molar-refractivity contribution in [3.05, 3.63) is 22.7 Å². The highest BCUT2D eigenvalue weighted by Crippen LogP contribution is 2.34. The smallest absolute Gasteiger partial charge is 0.265 e. The number of halogens is 2. The third-order valence-corrected chi connectivity index (χ3v) is 4.36. The highest BCUT2D eigenvalue weighted by atomic mass is 79.9. The van der Waals surface area contributed by atoms with E-state index >= 15 is 0 Å². The van der Waals surface area contributed by atoms with Crippen LogP contribution >= 0.6 is 28.3 Å². The zero-order chi connectivity index (χ0) is 15.5. The summed E-state index contributed by atoms with van der Waals surface area (Å²) < 4.78 is 6.29. The van der Waals surface area contributed by atoms with Crippen molar-refractivity contribution in [1.82, 2.24) is 10.6 Å². The molecule has 2 amide bonds. The van der Waals surface area contributed by atoms with Crippen molar-refractivity contribution in [2.45, 2.75) is 18.9 Å². The molecule has 6 nitrogen and oxygen atoms in total. The van der Waals surface area contributed by atoms with Gasteiger partial charge in [-0.3, -0.25) is 14.5 Å². The number of anilines is 1. The molecule has 2 aliphatic rings. The van der Waals surface area contributed by atoms with E-state index in [0.717, 1.165) is 30.4 Å². The topological polar surface area (TPSA) is 70.7 Å². The molecule has 0 spiro atoms. The van der Waals surface area contributed by atoms with Crippen LogP contribution in [-0.4, -0.2) is 44.1 Å². The second-order valence-corrected chi connectivity index (χ2v) is 6.39. The zero-order valence-corrected chi connectivity index (χ0v) is 14.9. The van der Waals surface area contributed by atoms with Crippen LogP contribution in [0.2, 0.25) is 0 Å². The van der Waals surface area contributed by atoms with Crippen LogP contribution in [0.5, 0.6) is 5.75 Å². The monoisotopic (exact) mass is 403 g/mol. The lowest BCUT2D eigenvalue weighted by Crippen LogP contribution is -2.49. The molecule has 1 fully saturated rings. The Bertz CT molecular complexity index is 593. The average Bonchev–Trinajstić information content (AvgIpc) is 2.51. The molecule has 3 rings (SSSR count). The number of carbonyl (C=O) groups excluding carboxylic acids is 2. The van der Waals surface area contributed by atoms with Gasteiger partial charge < -0.3 is 15.4 Å². The van der Waals surface area contributed by atoms with E-state index in [2.05, 4.69) is 26.6 Å². The summed E-state index contributed by atoms with van der Waals surface area (Å²) in [5.41, 5.74) is 0.639. The Labute approximate surface area is 149 Å². The Morgan fingerprint density at radius 3 is 2.87 bits per heavy atom. The SMILES string of the molecule is Cl.O=C(CN1C(=O)COc2cc(Br)ccc21)NC1CCNCC1. The molecule has 2 N–H and O–H groups in total. The Kier molecular flexibility index (Phi) is 6.26. The van der Waals surface area contributed by atoms with Gasteiger partial charge in [-0.15, -0.1) is 12.4 Å². The third-order valence-electron chi connectivity index (χ3n) is 3.87. The van der Waals surface area contributed by atoms with E-state index in [1.54, 1.807) is 12.1 Å². The van der Waals surface area contributed by atoms with Crippen LogP contribution in [0.3, 0.4) is 0 Å². The summed E-state index contributed by atoms with van der Waals surface area (Å²) in [4.78, 5) is 25.8. The van der Waals surface area contributed by atoms with Crippen LogP contribution < -0.4 is 20.3 Å². The molecule has 2 aliphatic heterocycles. The molecule has 0 atom stereocenters. The zero-order valence-electron chi connectivity index (χ0n) is 12.5. The maximum Gasteiger partial charge on any atom is 0.265 e. The number of amides is 2. The number of hydrogen-bond acceptors (Lipinski definition) is 4. The van der Waals surface area contributed by atoms with Crippen LogP contribution in [0.25, 0.3) is 0 Å². The average molecular weight is 405 g/mol. The largest absolute Gasteiger partial charge is 0.482 e. The quantitative estimate of drug-likeness (QED) is 0.800. The Morgan fingerprint density at radius 1 is 1.39 bits per heavy atom. The van der Waals surface area contributed by atoms with E-state index in [0.29, 0.717) is 11.4 Å². The van der Waals surface area contributed by atoms with Gasteiger partial charge in [0.1, 0.15) is 12.3 Å². The van der Waals surface area contributed by atoms with Gasteiger partial charge in [0.15, 0.2) is 6.61 Å². The number of hydrogen-bond donors (Lipinski definition) is 2. The molecule has 0 bridgehead atoms. The van der Waals surface area contributed by atoms with Crippen LogP contribution in [0.15, 0.2) is 22.7 Å². The van der Waals surface area contributed by atoms with Crippen LogP contribution in [-0.2, 0) is 9.59 Å². The first-order valence-corrected chi connectivity index (χ1v) is 8.15. The lowest BCUT2D eigenvalue weighted by atomic mass is 10.1. The van der Waals surface area contributed by atoms with Crippen molar-refractivity contribution in [2.24, 2.45) is 0 Å². The molecular weight excluding hydrogens is 386 g/mol. The van der Waals surface area contributed by atoms with E-state index in [1.165, 1.54) is 4.90 Å². The minimum absolute atomic E-state index is 0. The first kappa shape index (κ1) is 18.0. The molecule has 1 aromatic carbocycles. The summed E-state index contributed by atoms with van der Waals surface area (Å²) in [5.74, 6) is 0.287. The van der Waals surface area contributed by atoms with E-state index < -0.39 is 0 Å². The van der Waals surface area contributed by atoms with E-state index in [1.807, 2.05) is 6.07 Å². The number of nitrogens with zero attached hydrogens (tertiary/aromatic N) is 1. The van der Waals surface area contributed by atoms with E-state index in [-0.39, 0.29) is 43.4 Å². The van der Waals surface area contributed by atoms with Gasteiger partial charge in [0, 0.05) is 10.5 Å². The minimum atomic E-state index is -0.199. The van der Waals surface area contributed by atoms with E-state index in [9.17, 15) is 9.59 Å². The minimum Gasteiger partial charge on any atom is -0.482 e. The molecule has 8 heteroatoms. The Hall–Kier alpha value is -1.31. The maximum atomic E-state index is 12.2. The predicted molar refractivity (Wildman–Crippen MR) is 93.3 cm³/mol.